The zero-order chi connectivity index (χ0) is 13.1. The van der Waals surface area contributed by atoms with Gasteiger partial charge in [0.2, 0.25) is 0 Å². The van der Waals surface area contributed by atoms with Crippen molar-refractivity contribution in [2.45, 2.75) is 44.8 Å². The Bertz CT molecular complexity index is 443. The maximum Gasteiger partial charge on any atom is 0.149 e. The van der Waals surface area contributed by atoms with Crippen LogP contribution in [0.15, 0.2) is 29.4 Å². The lowest BCUT2D eigenvalue weighted by Gasteiger charge is -2.11. The number of rotatable bonds is 4. The summed E-state index contributed by atoms with van der Waals surface area (Å²) in [6.07, 6.45) is 0.879. The second-order valence-corrected chi connectivity index (χ2v) is 5.45. The molecule has 4 heteroatoms. The van der Waals surface area contributed by atoms with Crippen LogP contribution in [0.3, 0.4) is 0 Å². The molecule has 2 unspecified atom stereocenters. The topological polar surface area (TPSA) is 30.8 Å². The number of hydrogen-bond acceptors (Lipinski definition) is 3. The van der Waals surface area contributed by atoms with E-state index in [1.165, 1.54) is 0 Å². The van der Waals surface area contributed by atoms with Gasteiger partial charge in [0.1, 0.15) is 11.9 Å². The first kappa shape index (κ1) is 13.2. The molecular formula is C14H18ClNO2. The summed E-state index contributed by atoms with van der Waals surface area (Å²) in [5.74, 6) is 0.854. The van der Waals surface area contributed by atoms with E-state index in [1.54, 1.807) is 0 Å². The summed E-state index contributed by atoms with van der Waals surface area (Å²) in [5.41, 5.74) is 1.97. The summed E-state index contributed by atoms with van der Waals surface area (Å²) in [5, 5.41) is 4.07. The minimum Gasteiger partial charge on any atom is -0.491 e. The highest BCUT2D eigenvalue weighted by molar-refractivity contribution is 6.21. The predicted molar refractivity (Wildman–Crippen MR) is 73.5 cm³/mol. The predicted octanol–water partition coefficient (Wildman–Crippen LogP) is 3.59. The van der Waals surface area contributed by atoms with E-state index in [9.17, 15) is 0 Å². The maximum atomic E-state index is 6.01. The average molecular weight is 268 g/mol. The molecule has 1 aromatic rings. The van der Waals surface area contributed by atoms with Crippen molar-refractivity contribution in [3.05, 3.63) is 29.8 Å². The Labute approximate surface area is 113 Å². The zero-order valence-electron chi connectivity index (χ0n) is 10.9. The van der Waals surface area contributed by atoms with Crippen molar-refractivity contribution in [2.75, 3.05) is 0 Å². The summed E-state index contributed by atoms with van der Waals surface area (Å²) in [4.78, 5) is 5.32. The number of oxime groups is 1. The Morgan fingerprint density at radius 3 is 2.78 bits per heavy atom. The molecule has 2 rings (SSSR count). The molecule has 0 N–H and O–H groups in total. The fourth-order valence-corrected chi connectivity index (χ4v) is 1.97. The van der Waals surface area contributed by atoms with Crippen LogP contribution in [0.1, 0.15) is 32.8 Å². The molecule has 1 aliphatic rings. The molecule has 1 aliphatic heterocycles. The van der Waals surface area contributed by atoms with Gasteiger partial charge < -0.3 is 9.57 Å². The maximum absolute atomic E-state index is 6.01. The van der Waals surface area contributed by atoms with Crippen molar-refractivity contribution in [2.24, 2.45) is 5.16 Å². The van der Waals surface area contributed by atoms with E-state index in [-0.39, 0.29) is 17.6 Å². The van der Waals surface area contributed by atoms with Crippen molar-refractivity contribution < 1.29 is 9.57 Å². The van der Waals surface area contributed by atoms with Gasteiger partial charge in [-0.3, -0.25) is 0 Å². The number of benzene rings is 1. The third kappa shape index (κ3) is 3.16. The van der Waals surface area contributed by atoms with Gasteiger partial charge in [-0.15, -0.1) is 11.6 Å². The number of nitrogens with zero attached hydrogens (tertiary/aromatic N) is 1. The van der Waals surface area contributed by atoms with Gasteiger partial charge in [0, 0.05) is 12.0 Å². The zero-order valence-corrected chi connectivity index (χ0v) is 11.6. The number of halogens is 1. The Morgan fingerprint density at radius 1 is 1.39 bits per heavy atom. The van der Waals surface area contributed by atoms with Crippen molar-refractivity contribution in [1.82, 2.24) is 0 Å². The standard InChI is InChI=1S/C14H18ClNO2/c1-9(2)17-12-6-4-5-11(7-12)13-8-14(10(3)15)18-16-13/h4-7,9-10,14H,8H2,1-3H3. The lowest BCUT2D eigenvalue weighted by atomic mass is 10.0. The van der Waals surface area contributed by atoms with E-state index in [1.807, 2.05) is 45.0 Å². The van der Waals surface area contributed by atoms with Gasteiger partial charge in [-0.25, -0.2) is 0 Å². The molecule has 0 radical (unpaired) electrons. The molecule has 0 aromatic heterocycles. The van der Waals surface area contributed by atoms with Gasteiger partial charge in [0.05, 0.1) is 17.2 Å². The SMILES string of the molecule is CC(C)Oc1cccc(C2=NOC(C(C)Cl)C2)c1. The molecule has 0 aliphatic carbocycles. The fraction of sp³-hybridized carbons (Fsp3) is 0.500. The molecule has 0 bridgehead atoms. The molecule has 0 saturated carbocycles. The van der Waals surface area contributed by atoms with Crippen LogP contribution >= 0.6 is 11.6 Å². The highest BCUT2D eigenvalue weighted by Gasteiger charge is 2.26. The first-order valence-electron chi connectivity index (χ1n) is 6.20. The molecule has 98 valence electrons. The van der Waals surface area contributed by atoms with E-state index in [2.05, 4.69) is 5.16 Å². The highest BCUT2D eigenvalue weighted by atomic mass is 35.5. The third-order valence-corrected chi connectivity index (χ3v) is 3.03. The number of hydrogen-bond donors (Lipinski definition) is 0. The van der Waals surface area contributed by atoms with Crippen molar-refractivity contribution in [3.8, 4) is 5.75 Å². The third-order valence-electron chi connectivity index (χ3n) is 2.74. The van der Waals surface area contributed by atoms with Gasteiger partial charge in [0.25, 0.3) is 0 Å². The first-order chi connectivity index (χ1) is 8.56. The molecule has 18 heavy (non-hydrogen) atoms. The lowest BCUT2D eigenvalue weighted by Crippen LogP contribution is -2.18. The molecule has 0 spiro atoms. The Hall–Kier alpha value is -1.22. The number of alkyl halides is 1. The van der Waals surface area contributed by atoms with E-state index >= 15 is 0 Å². The first-order valence-corrected chi connectivity index (χ1v) is 6.63. The second kappa shape index (κ2) is 5.61. The largest absolute Gasteiger partial charge is 0.491 e. The quantitative estimate of drug-likeness (QED) is 0.781. The highest BCUT2D eigenvalue weighted by Crippen LogP contribution is 2.24. The molecule has 2 atom stereocenters. The van der Waals surface area contributed by atoms with Crippen LogP contribution in [-0.4, -0.2) is 23.3 Å². The van der Waals surface area contributed by atoms with Crippen LogP contribution in [0.4, 0.5) is 0 Å². The van der Waals surface area contributed by atoms with Gasteiger partial charge in [-0.2, -0.15) is 0 Å². The lowest BCUT2D eigenvalue weighted by molar-refractivity contribution is 0.0855. The molecular weight excluding hydrogens is 250 g/mol. The van der Waals surface area contributed by atoms with Crippen LogP contribution in [0.5, 0.6) is 5.75 Å². The molecule has 0 fully saturated rings. The minimum atomic E-state index is -0.0404. The second-order valence-electron chi connectivity index (χ2n) is 4.76. The van der Waals surface area contributed by atoms with Crippen LogP contribution in [0.2, 0.25) is 0 Å². The number of ether oxygens (including phenoxy) is 1. The van der Waals surface area contributed by atoms with Crippen LogP contribution in [-0.2, 0) is 4.84 Å². The van der Waals surface area contributed by atoms with Crippen LogP contribution < -0.4 is 4.74 Å². The molecule has 0 saturated heterocycles. The van der Waals surface area contributed by atoms with Gasteiger partial charge >= 0.3 is 0 Å². The van der Waals surface area contributed by atoms with E-state index in [0.717, 1.165) is 23.4 Å². The Morgan fingerprint density at radius 2 is 2.17 bits per heavy atom. The Kier molecular flexibility index (Phi) is 4.12. The average Bonchev–Trinajstić information content (AvgIpc) is 2.77. The minimum absolute atomic E-state index is 0.0312. The summed E-state index contributed by atoms with van der Waals surface area (Å²) in [6.45, 7) is 5.94. The smallest absolute Gasteiger partial charge is 0.149 e. The van der Waals surface area contributed by atoms with Gasteiger partial charge in [0.15, 0.2) is 0 Å². The summed E-state index contributed by atoms with van der Waals surface area (Å²) in [6, 6.07) is 7.91. The van der Waals surface area contributed by atoms with Crippen LogP contribution in [0.25, 0.3) is 0 Å². The van der Waals surface area contributed by atoms with Crippen molar-refractivity contribution >= 4 is 17.3 Å². The summed E-state index contributed by atoms with van der Waals surface area (Å²) in [7, 11) is 0. The van der Waals surface area contributed by atoms with E-state index < -0.39 is 0 Å². The van der Waals surface area contributed by atoms with Crippen molar-refractivity contribution in [3.63, 3.8) is 0 Å². The molecule has 3 nitrogen and oxygen atoms in total. The Balaban J connectivity index is 2.10. The van der Waals surface area contributed by atoms with Crippen LogP contribution in [0, 0.1) is 0 Å². The summed E-state index contributed by atoms with van der Waals surface area (Å²) >= 11 is 6.01. The monoisotopic (exact) mass is 267 g/mol. The van der Waals surface area contributed by atoms with Gasteiger partial charge in [-0.05, 0) is 32.9 Å². The van der Waals surface area contributed by atoms with E-state index in [4.69, 9.17) is 21.2 Å². The normalized spacial score (nSPS) is 20.5. The van der Waals surface area contributed by atoms with E-state index in [0.29, 0.717) is 0 Å². The van der Waals surface area contributed by atoms with Crippen molar-refractivity contribution in [1.29, 1.82) is 0 Å². The molecule has 1 heterocycles. The molecule has 1 aromatic carbocycles. The van der Waals surface area contributed by atoms with Gasteiger partial charge in [-0.1, -0.05) is 17.3 Å². The summed E-state index contributed by atoms with van der Waals surface area (Å²) < 4.78 is 5.67. The molecule has 0 amide bonds. The fourth-order valence-electron chi connectivity index (χ4n) is 1.83.